The predicted octanol–water partition coefficient (Wildman–Crippen LogP) is 4.97. The van der Waals surface area contributed by atoms with Crippen molar-refractivity contribution in [3.8, 4) is 0 Å². The van der Waals surface area contributed by atoms with Gasteiger partial charge >= 0.3 is 0 Å². The molecule has 0 saturated carbocycles. The molecule has 0 heteroatoms. The van der Waals surface area contributed by atoms with Gasteiger partial charge in [0.2, 0.25) is 0 Å². The summed E-state index contributed by atoms with van der Waals surface area (Å²) in [6, 6.07) is 12.3. The lowest BCUT2D eigenvalue weighted by Gasteiger charge is -2.01. The van der Waals surface area contributed by atoms with E-state index in [4.69, 9.17) is 0 Å². The smallest absolute Gasteiger partial charge is 0.0149 e. The highest BCUT2D eigenvalue weighted by Crippen LogP contribution is 2.10. The normalized spacial score (nSPS) is 10.6. The van der Waals surface area contributed by atoms with Crippen molar-refractivity contribution in [3.05, 3.63) is 35.9 Å². The van der Waals surface area contributed by atoms with Crippen molar-refractivity contribution in [3.63, 3.8) is 0 Å². The van der Waals surface area contributed by atoms with E-state index in [1.165, 1.54) is 63.4 Å². The molecule has 0 aromatic heterocycles. The van der Waals surface area contributed by atoms with Crippen molar-refractivity contribution in [2.45, 2.75) is 64.7 Å². The van der Waals surface area contributed by atoms with E-state index >= 15 is 0 Å². The summed E-state index contributed by atoms with van der Waals surface area (Å²) in [4.78, 5) is 0. The summed E-state index contributed by atoms with van der Waals surface area (Å²) < 4.78 is 0. The van der Waals surface area contributed by atoms with E-state index in [1.54, 1.807) is 0 Å². The first kappa shape index (κ1) is 13.3. The maximum absolute atomic E-state index is 3.26. The third-order valence-electron chi connectivity index (χ3n) is 3.01. The summed E-state index contributed by atoms with van der Waals surface area (Å²) in [5, 5.41) is 0. The van der Waals surface area contributed by atoms with Gasteiger partial charge in [0.1, 0.15) is 0 Å². The van der Waals surface area contributed by atoms with E-state index in [9.17, 15) is 0 Å². The zero-order valence-corrected chi connectivity index (χ0v) is 10.6. The second-order valence-electron chi connectivity index (χ2n) is 4.54. The van der Waals surface area contributed by atoms with E-state index in [-0.39, 0.29) is 0 Å². The Morgan fingerprint density at radius 1 is 0.875 bits per heavy atom. The number of rotatable bonds is 9. The summed E-state index contributed by atoms with van der Waals surface area (Å²) in [7, 11) is 0. The highest BCUT2D eigenvalue weighted by atomic mass is 14.0. The fourth-order valence-electron chi connectivity index (χ4n) is 1.98. The Morgan fingerprint density at radius 3 is 2.19 bits per heavy atom. The molecule has 0 bridgehead atoms. The molecule has 88 valence electrons. The van der Waals surface area contributed by atoms with E-state index in [0.29, 0.717) is 0 Å². The molecule has 0 aliphatic heterocycles. The Hall–Kier alpha value is -0.780. The SMILES string of the molecule is CCCCCCCCCCc1[c]cc[c]c1. The van der Waals surface area contributed by atoms with Crippen LogP contribution < -0.4 is 0 Å². The van der Waals surface area contributed by atoms with E-state index in [1.807, 2.05) is 12.1 Å². The van der Waals surface area contributed by atoms with Crippen LogP contribution in [0.4, 0.5) is 0 Å². The quantitative estimate of drug-likeness (QED) is 0.511. The molecule has 1 aromatic carbocycles. The molecule has 0 aliphatic rings. The van der Waals surface area contributed by atoms with Gasteiger partial charge < -0.3 is 0 Å². The van der Waals surface area contributed by atoms with Crippen LogP contribution >= 0.6 is 0 Å². The first-order valence-electron chi connectivity index (χ1n) is 6.80. The first-order valence-corrected chi connectivity index (χ1v) is 6.80. The minimum absolute atomic E-state index is 1.17. The predicted molar refractivity (Wildman–Crippen MR) is 70.4 cm³/mol. The van der Waals surface area contributed by atoms with Gasteiger partial charge in [-0.3, -0.25) is 0 Å². The summed E-state index contributed by atoms with van der Waals surface area (Å²) in [6.07, 6.45) is 12.3. The Morgan fingerprint density at radius 2 is 1.56 bits per heavy atom. The average molecular weight is 216 g/mol. The molecule has 0 heterocycles. The van der Waals surface area contributed by atoms with Gasteiger partial charge in [0.25, 0.3) is 0 Å². The maximum Gasteiger partial charge on any atom is -0.0149 e. The van der Waals surface area contributed by atoms with Gasteiger partial charge in [0, 0.05) is 0 Å². The van der Waals surface area contributed by atoms with Crippen LogP contribution in [0.5, 0.6) is 0 Å². The van der Waals surface area contributed by atoms with E-state index < -0.39 is 0 Å². The van der Waals surface area contributed by atoms with Crippen molar-refractivity contribution < 1.29 is 0 Å². The van der Waals surface area contributed by atoms with Crippen LogP contribution in [-0.2, 0) is 6.42 Å². The molecule has 0 fully saturated rings. The fraction of sp³-hybridized carbons (Fsp3) is 0.625. The molecule has 0 amide bonds. The van der Waals surface area contributed by atoms with Crippen LogP contribution in [0, 0.1) is 12.1 Å². The molecule has 16 heavy (non-hydrogen) atoms. The monoisotopic (exact) mass is 216 g/mol. The molecule has 1 rings (SSSR count). The molecule has 0 nitrogen and oxygen atoms in total. The third-order valence-corrected chi connectivity index (χ3v) is 3.01. The minimum atomic E-state index is 1.17. The van der Waals surface area contributed by atoms with Crippen LogP contribution in [0.3, 0.4) is 0 Å². The second kappa shape index (κ2) is 9.45. The van der Waals surface area contributed by atoms with Crippen LogP contribution in [0.15, 0.2) is 18.2 Å². The van der Waals surface area contributed by atoms with Crippen LogP contribution in [0.2, 0.25) is 0 Å². The molecule has 0 spiro atoms. The van der Waals surface area contributed by atoms with Gasteiger partial charge in [0.15, 0.2) is 0 Å². The van der Waals surface area contributed by atoms with Crippen molar-refractivity contribution in [2.24, 2.45) is 0 Å². The van der Waals surface area contributed by atoms with Crippen LogP contribution in [-0.4, -0.2) is 0 Å². The van der Waals surface area contributed by atoms with Crippen molar-refractivity contribution >= 4 is 0 Å². The number of benzene rings is 1. The van der Waals surface area contributed by atoms with Gasteiger partial charge in [-0.1, -0.05) is 70.1 Å². The van der Waals surface area contributed by atoms with Crippen LogP contribution in [0.1, 0.15) is 63.9 Å². The lowest BCUT2D eigenvalue weighted by molar-refractivity contribution is 0.575. The average Bonchev–Trinajstić information content (AvgIpc) is 2.34. The van der Waals surface area contributed by atoms with Gasteiger partial charge in [-0.15, -0.1) is 0 Å². The van der Waals surface area contributed by atoms with Gasteiger partial charge in [-0.25, -0.2) is 0 Å². The molecule has 2 radical (unpaired) electrons. The highest BCUT2D eigenvalue weighted by Gasteiger charge is 1.93. The third kappa shape index (κ3) is 6.66. The molecular formula is C16H24. The van der Waals surface area contributed by atoms with E-state index in [2.05, 4.69) is 25.1 Å². The molecule has 0 atom stereocenters. The Balaban J connectivity index is 1.89. The molecule has 0 aliphatic carbocycles. The molecular weight excluding hydrogens is 192 g/mol. The summed E-state index contributed by atoms with van der Waals surface area (Å²) in [6.45, 7) is 2.27. The largest absolute Gasteiger partial charge is 0.0654 e. The lowest BCUT2D eigenvalue weighted by Crippen LogP contribution is -1.86. The van der Waals surface area contributed by atoms with Crippen molar-refractivity contribution in [1.82, 2.24) is 0 Å². The van der Waals surface area contributed by atoms with E-state index in [0.717, 1.165) is 0 Å². The Kier molecular flexibility index (Phi) is 7.84. The van der Waals surface area contributed by atoms with Crippen LogP contribution in [0.25, 0.3) is 0 Å². The van der Waals surface area contributed by atoms with Gasteiger partial charge in [0.05, 0.1) is 0 Å². The maximum atomic E-state index is 3.26. The van der Waals surface area contributed by atoms with Crippen molar-refractivity contribution in [1.29, 1.82) is 0 Å². The minimum Gasteiger partial charge on any atom is -0.0654 e. The van der Waals surface area contributed by atoms with Gasteiger partial charge in [-0.2, -0.15) is 0 Å². The topological polar surface area (TPSA) is 0 Å². The molecule has 0 saturated heterocycles. The molecule has 1 aromatic rings. The molecule has 0 N–H and O–H groups in total. The zero-order valence-electron chi connectivity index (χ0n) is 10.6. The number of hydrogen-bond donors (Lipinski definition) is 0. The zero-order chi connectivity index (χ0) is 11.5. The van der Waals surface area contributed by atoms with Gasteiger partial charge in [-0.05, 0) is 30.5 Å². The molecule has 0 unspecified atom stereocenters. The Bertz CT molecular complexity index is 237. The Labute approximate surface area is 101 Å². The summed E-state index contributed by atoms with van der Waals surface area (Å²) >= 11 is 0. The fourth-order valence-corrected chi connectivity index (χ4v) is 1.98. The highest BCUT2D eigenvalue weighted by molar-refractivity contribution is 5.11. The summed E-state index contributed by atoms with van der Waals surface area (Å²) in [5.74, 6) is 0. The first-order chi connectivity index (χ1) is 7.93. The second-order valence-corrected chi connectivity index (χ2v) is 4.54. The standard InChI is InChI=1S/C16H24/c1-2-3-4-5-6-7-8-10-13-16-14-11-9-12-15-16/h9,11,15H,2-8,10,13H2,1H3. The van der Waals surface area contributed by atoms with Crippen molar-refractivity contribution in [2.75, 3.05) is 0 Å². The number of unbranched alkanes of at least 4 members (excludes halogenated alkanes) is 7. The number of aryl methyl sites for hydroxylation is 1. The summed E-state index contributed by atoms with van der Waals surface area (Å²) in [5.41, 5.74) is 1.31. The lowest BCUT2D eigenvalue weighted by atomic mass is 10.0. The number of hydrogen-bond acceptors (Lipinski definition) is 0.